The van der Waals surface area contributed by atoms with Crippen molar-refractivity contribution in [2.75, 3.05) is 49.5 Å². The first-order valence-electron chi connectivity index (χ1n) is 8.22. The van der Waals surface area contributed by atoms with Gasteiger partial charge in [-0.25, -0.2) is 0 Å². The van der Waals surface area contributed by atoms with Gasteiger partial charge in [0.05, 0.1) is 12.1 Å². The largest absolute Gasteiger partial charge is 0.380 e. The number of nitrogens with one attached hydrogen (secondary N) is 1. The van der Waals surface area contributed by atoms with Gasteiger partial charge in [-0.2, -0.15) is 0 Å². The number of ether oxygens (including phenoxy) is 1. The minimum atomic E-state index is 0.307. The van der Waals surface area contributed by atoms with Crippen LogP contribution in [0.1, 0.15) is 20.3 Å². The predicted octanol–water partition coefficient (Wildman–Crippen LogP) is 2.42. The van der Waals surface area contributed by atoms with Crippen LogP contribution in [0, 0.1) is 0 Å². The SMILES string of the molecule is CCN1CCN(c2cccc(NC3CCOC3C)c2)CC1. The molecule has 1 aromatic carbocycles. The summed E-state index contributed by atoms with van der Waals surface area (Å²) < 4.78 is 5.63. The Morgan fingerprint density at radius 1 is 1.24 bits per heavy atom. The van der Waals surface area contributed by atoms with Crippen LogP contribution >= 0.6 is 0 Å². The second kappa shape index (κ2) is 6.67. The molecular formula is C17H27N3O. The summed E-state index contributed by atoms with van der Waals surface area (Å²) in [6.45, 7) is 11.0. The zero-order valence-electron chi connectivity index (χ0n) is 13.2. The molecule has 116 valence electrons. The van der Waals surface area contributed by atoms with Crippen LogP contribution in [0.3, 0.4) is 0 Å². The molecule has 0 bridgehead atoms. The highest BCUT2D eigenvalue weighted by atomic mass is 16.5. The van der Waals surface area contributed by atoms with Crippen molar-refractivity contribution in [3.05, 3.63) is 24.3 Å². The number of benzene rings is 1. The Labute approximate surface area is 128 Å². The molecule has 0 saturated carbocycles. The van der Waals surface area contributed by atoms with Crippen molar-refractivity contribution in [2.24, 2.45) is 0 Å². The van der Waals surface area contributed by atoms with E-state index in [1.54, 1.807) is 0 Å². The Morgan fingerprint density at radius 2 is 2.05 bits per heavy atom. The minimum Gasteiger partial charge on any atom is -0.380 e. The Morgan fingerprint density at radius 3 is 2.71 bits per heavy atom. The third-order valence-corrected chi connectivity index (χ3v) is 4.76. The van der Waals surface area contributed by atoms with Crippen LogP contribution in [0.4, 0.5) is 11.4 Å². The second-order valence-corrected chi connectivity index (χ2v) is 6.09. The number of anilines is 2. The Balaban J connectivity index is 1.63. The number of nitrogens with zero attached hydrogens (tertiary/aromatic N) is 2. The minimum absolute atomic E-state index is 0.307. The van der Waals surface area contributed by atoms with E-state index in [4.69, 9.17) is 4.74 Å². The van der Waals surface area contributed by atoms with Gasteiger partial charge in [0.15, 0.2) is 0 Å². The van der Waals surface area contributed by atoms with Crippen molar-refractivity contribution in [3.8, 4) is 0 Å². The molecule has 2 atom stereocenters. The molecule has 2 fully saturated rings. The molecule has 0 aliphatic carbocycles. The standard InChI is InChI=1S/C17H27N3O/c1-3-19-8-10-20(11-9-19)16-6-4-5-15(13-16)18-17-7-12-21-14(17)2/h4-6,13-14,17-18H,3,7-12H2,1-2H3. The van der Waals surface area contributed by atoms with E-state index in [1.165, 1.54) is 24.5 Å². The zero-order chi connectivity index (χ0) is 14.7. The van der Waals surface area contributed by atoms with Gasteiger partial charge in [0.25, 0.3) is 0 Å². The molecule has 2 heterocycles. The first-order chi connectivity index (χ1) is 10.3. The fraction of sp³-hybridized carbons (Fsp3) is 0.647. The normalized spacial score (nSPS) is 27.0. The topological polar surface area (TPSA) is 27.7 Å². The first kappa shape index (κ1) is 14.7. The smallest absolute Gasteiger partial charge is 0.0748 e. The number of hydrogen-bond acceptors (Lipinski definition) is 4. The van der Waals surface area contributed by atoms with Gasteiger partial charge in [0, 0.05) is 44.2 Å². The quantitative estimate of drug-likeness (QED) is 0.921. The third-order valence-electron chi connectivity index (χ3n) is 4.76. The first-order valence-corrected chi connectivity index (χ1v) is 8.22. The lowest BCUT2D eigenvalue weighted by Crippen LogP contribution is -2.46. The number of hydrogen-bond donors (Lipinski definition) is 1. The molecular weight excluding hydrogens is 262 g/mol. The van der Waals surface area contributed by atoms with Gasteiger partial charge in [0.1, 0.15) is 0 Å². The highest BCUT2D eigenvalue weighted by Crippen LogP contribution is 2.24. The molecule has 1 N–H and O–H groups in total. The van der Waals surface area contributed by atoms with E-state index < -0.39 is 0 Å². The monoisotopic (exact) mass is 289 g/mol. The molecule has 2 aliphatic rings. The lowest BCUT2D eigenvalue weighted by atomic mass is 10.1. The van der Waals surface area contributed by atoms with E-state index in [9.17, 15) is 0 Å². The van der Waals surface area contributed by atoms with Crippen molar-refractivity contribution in [1.29, 1.82) is 0 Å². The van der Waals surface area contributed by atoms with Crippen molar-refractivity contribution in [1.82, 2.24) is 4.90 Å². The Hall–Kier alpha value is -1.26. The van der Waals surface area contributed by atoms with E-state index in [0.29, 0.717) is 12.1 Å². The number of piperazine rings is 1. The van der Waals surface area contributed by atoms with Crippen molar-refractivity contribution < 1.29 is 4.74 Å². The maximum absolute atomic E-state index is 5.63. The van der Waals surface area contributed by atoms with Crippen molar-refractivity contribution in [2.45, 2.75) is 32.4 Å². The van der Waals surface area contributed by atoms with Gasteiger partial charge in [0.2, 0.25) is 0 Å². The van der Waals surface area contributed by atoms with E-state index >= 15 is 0 Å². The van der Waals surface area contributed by atoms with E-state index in [0.717, 1.165) is 32.7 Å². The molecule has 0 aromatic heterocycles. The molecule has 0 radical (unpaired) electrons. The van der Waals surface area contributed by atoms with E-state index in [-0.39, 0.29) is 0 Å². The van der Waals surface area contributed by atoms with E-state index in [2.05, 4.69) is 53.2 Å². The van der Waals surface area contributed by atoms with Crippen LogP contribution in [0.25, 0.3) is 0 Å². The molecule has 2 saturated heterocycles. The maximum Gasteiger partial charge on any atom is 0.0748 e. The number of rotatable bonds is 4. The molecule has 21 heavy (non-hydrogen) atoms. The molecule has 1 aromatic rings. The van der Waals surface area contributed by atoms with E-state index in [1.807, 2.05) is 0 Å². The predicted molar refractivity (Wildman–Crippen MR) is 88.2 cm³/mol. The second-order valence-electron chi connectivity index (χ2n) is 6.09. The molecule has 4 heteroatoms. The summed E-state index contributed by atoms with van der Waals surface area (Å²) in [5.74, 6) is 0. The van der Waals surface area contributed by atoms with Gasteiger partial charge >= 0.3 is 0 Å². The summed E-state index contributed by atoms with van der Waals surface area (Å²) in [5, 5.41) is 3.63. The summed E-state index contributed by atoms with van der Waals surface area (Å²) in [4.78, 5) is 5.00. The molecule has 2 aliphatic heterocycles. The summed E-state index contributed by atoms with van der Waals surface area (Å²) in [5.41, 5.74) is 2.55. The Kier molecular flexibility index (Phi) is 4.66. The molecule has 0 spiro atoms. The molecule has 2 unspecified atom stereocenters. The van der Waals surface area contributed by atoms with Gasteiger partial charge in [-0.15, -0.1) is 0 Å². The fourth-order valence-electron chi connectivity index (χ4n) is 3.25. The average Bonchev–Trinajstić information content (AvgIpc) is 2.93. The lowest BCUT2D eigenvalue weighted by molar-refractivity contribution is 0.121. The lowest BCUT2D eigenvalue weighted by Gasteiger charge is -2.35. The average molecular weight is 289 g/mol. The van der Waals surface area contributed by atoms with Gasteiger partial charge < -0.3 is 19.9 Å². The summed E-state index contributed by atoms with van der Waals surface area (Å²) in [7, 11) is 0. The maximum atomic E-state index is 5.63. The van der Waals surface area contributed by atoms with Crippen LogP contribution in [0.2, 0.25) is 0 Å². The van der Waals surface area contributed by atoms with Gasteiger partial charge in [-0.3, -0.25) is 0 Å². The zero-order valence-corrected chi connectivity index (χ0v) is 13.2. The molecule has 4 nitrogen and oxygen atoms in total. The highest BCUT2D eigenvalue weighted by molar-refractivity contribution is 5.58. The summed E-state index contributed by atoms with van der Waals surface area (Å²) in [6, 6.07) is 9.27. The number of likely N-dealkylation sites (N-methyl/N-ethyl adjacent to an activating group) is 1. The van der Waals surface area contributed by atoms with Crippen LogP contribution in [-0.4, -0.2) is 56.4 Å². The molecule has 0 amide bonds. The van der Waals surface area contributed by atoms with Gasteiger partial charge in [-0.1, -0.05) is 13.0 Å². The van der Waals surface area contributed by atoms with Crippen LogP contribution in [0.5, 0.6) is 0 Å². The highest BCUT2D eigenvalue weighted by Gasteiger charge is 2.24. The van der Waals surface area contributed by atoms with Crippen molar-refractivity contribution >= 4 is 11.4 Å². The molecule has 3 rings (SSSR count). The van der Waals surface area contributed by atoms with Crippen molar-refractivity contribution in [3.63, 3.8) is 0 Å². The van der Waals surface area contributed by atoms with Crippen LogP contribution in [0.15, 0.2) is 24.3 Å². The summed E-state index contributed by atoms with van der Waals surface area (Å²) >= 11 is 0. The van der Waals surface area contributed by atoms with Crippen LogP contribution < -0.4 is 10.2 Å². The van der Waals surface area contributed by atoms with Crippen LogP contribution in [-0.2, 0) is 4.74 Å². The Bertz CT molecular complexity index is 457. The fourth-order valence-corrected chi connectivity index (χ4v) is 3.25. The third kappa shape index (κ3) is 3.50. The van der Waals surface area contributed by atoms with Gasteiger partial charge in [-0.05, 0) is 38.1 Å². The summed E-state index contributed by atoms with van der Waals surface area (Å²) in [6.07, 6.45) is 1.40.